The average Bonchev–Trinajstić information content (AvgIpc) is 2.56. The number of hydrogen-bond acceptors (Lipinski definition) is 2. The molecule has 0 radical (unpaired) electrons. The normalized spacial score (nSPS) is 11.9. The highest BCUT2D eigenvalue weighted by Gasteiger charge is 2.32. The Kier molecular flexibility index (Phi) is 3.59. The zero-order valence-corrected chi connectivity index (χ0v) is 11.2. The number of rotatable bonds is 1. The fourth-order valence-corrected chi connectivity index (χ4v) is 2.22. The molecule has 9 heteroatoms. The Bertz CT molecular complexity index is 594. The molecule has 0 atom stereocenters. The van der Waals surface area contributed by atoms with Gasteiger partial charge in [-0.2, -0.15) is 18.3 Å². The predicted molar refractivity (Wildman–Crippen MR) is 68.0 cm³/mol. The number of aromatic nitrogens is 2. The SMILES string of the molecule is Nc1cn(-c2c(Cl)cc(C(F)(F)F)cc2Cl)nc1Cl. The summed E-state index contributed by atoms with van der Waals surface area (Å²) in [7, 11) is 0. The average molecular weight is 331 g/mol. The van der Waals surface area contributed by atoms with Crippen molar-refractivity contribution in [2.24, 2.45) is 0 Å². The van der Waals surface area contributed by atoms with Crippen molar-refractivity contribution in [3.63, 3.8) is 0 Å². The summed E-state index contributed by atoms with van der Waals surface area (Å²) < 4.78 is 38.8. The van der Waals surface area contributed by atoms with E-state index in [1.807, 2.05) is 0 Å². The van der Waals surface area contributed by atoms with E-state index in [1.54, 1.807) is 0 Å². The molecule has 0 saturated heterocycles. The summed E-state index contributed by atoms with van der Waals surface area (Å²) in [5.74, 6) is 0. The second kappa shape index (κ2) is 4.77. The smallest absolute Gasteiger partial charge is 0.395 e. The van der Waals surface area contributed by atoms with Gasteiger partial charge in [-0.1, -0.05) is 34.8 Å². The number of halogens is 6. The molecule has 0 aliphatic rings. The van der Waals surface area contributed by atoms with Crippen molar-refractivity contribution < 1.29 is 13.2 Å². The molecule has 1 heterocycles. The molecule has 0 spiro atoms. The third-order valence-corrected chi connectivity index (χ3v) is 3.14. The third kappa shape index (κ3) is 2.75. The number of nitrogens with zero attached hydrogens (tertiary/aromatic N) is 2. The number of benzene rings is 1. The maximum Gasteiger partial charge on any atom is 0.416 e. The molecule has 0 bridgehead atoms. The number of hydrogen-bond donors (Lipinski definition) is 1. The van der Waals surface area contributed by atoms with Gasteiger partial charge < -0.3 is 5.73 Å². The van der Waals surface area contributed by atoms with Gasteiger partial charge in [0.2, 0.25) is 0 Å². The molecule has 3 nitrogen and oxygen atoms in total. The molecular formula is C10H5Cl3F3N3. The Labute approximate surface area is 120 Å². The van der Waals surface area contributed by atoms with Gasteiger partial charge >= 0.3 is 6.18 Å². The fraction of sp³-hybridized carbons (Fsp3) is 0.100. The van der Waals surface area contributed by atoms with Gasteiger partial charge in [-0.25, -0.2) is 4.68 Å². The fourth-order valence-electron chi connectivity index (χ4n) is 1.43. The maximum absolute atomic E-state index is 12.6. The maximum atomic E-state index is 12.6. The van der Waals surface area contributed by atoms with Gasteiger partial charge in [-0.3, -0.25) is 0 Å². The molecule has 1 aromatic heterocycles. The van der Waals surface area contributed by atoms with Gasteiger partial charge in [0.05, 0.1) is 27.5 Å². The zero-order valence-electron chi connectivity index (χ0n) is 8.97. The van der Waals surface area contributed by atoms with E-state index in [4.69, 9.17) is 40.5 Å². The molecular weight excluding hydrogens is 325 g/mol. The van der Waals surface area contributed by atoms with E-state index < -0.39 is 11.7 Å². The summed E-state index contributed by atoms with van der Waals surface area (Å²) in [6.07, 6.45) is -3.23. The van der Waals surface area contributed by atoms with Gasteiger partial charge in [-0.05, 0) is 12.1 Å². The van der Waals surface area contributed by atoms with Crippen LogP contribution in [0.3, 0.4) is 0 Å². The lowest BCUT2D eigenvalue weighted by molar-refractivity contribution is -0.137. The van der Waals surface area contributed by atoms with Crippen molar-refractivity contribution in [3.05, 3.63) is 39.1 Å². The van der Waals surface area contributed by atoms with Gasteiger partial charge in [-0.15, -0.1) is 0 Å². The molecule has 0 saturated carbocycles. The highest BCUT2D eigenvalue weighted by Crippen LogP contribution is 2.37. The number of nitrogens with two attached hydrogens (primary N) is 1. The molecule has 2 N–H and O–H groups in total. The van der Waals surface area contributed by atoms with Gasteiger partial charge in [0.15, 0.2) is 5.15 Å². The minimum atomic E-state index is -4.54. The lowest BCUT2D eigenvalue weighted by Crippen LogP contribution is -2.06. The molecule has 102 valence electrons. The highest BCUT2D eigenvalue weighted by atomic mass is 35.5. The summed E-state index contributed by atoms with van der Waals surface area (Å²) >= 11 is 17.3. The van der Waals surface area contributed by atoms with Gasteiger partial charge in [0.25, 0.3) is 0 Å². The van der Waals surface area contributed by atoms with Crippen LogP contribution in [0.15, 0.2) is 18.3 Å². The molecule has 2 aromatic rings. The van der Waals surface area contributed by atoms with E-state index >= 15 is 0 Å². The number of alkyl halides is 3. The second-order valence-electron chi connectivity index (χ2n) is 3.61. The first-order valence-electron chi connectivity index (χ1n) is 4.77. The number of nitrogen functional groups attached to an aromatic ring is 1. The molecule has 0 aliphatic carbocycles. The monoisotopic (exact) mass is 329 g/mol. The first-order valence-corrected chi connectivity index (χ1v) is 5.91. The van der Waals surface area contributed by atoms with Crippen LogP contribution in [0, 0.1) is 0 Å². The van der Waals surface area contributed by atoms with Crippen LogP contribution in [0.5, 0.6) is 0 Å². The Morgan fingerprint density at radius 3 is 2.00 bits per heavy atom. The van der Waals surface area contributed by atoms with Crippen molar-refractivity contribution in [1.82, 2.24) is 9.78 Å². The van der Waals surface area contributed by atoms with Crippen molar-refractivity contribution in [1.29, 1.82) is 0 Å². The van der Waals surface area contributed by atoms with Crippen molar-refractivity contribution in [2.45, 2.75) is 6.18 Å². The van der Waals surface area contributed by atoms with Gasteiger partial charge in [0, 0.05) is 0 Å². The highest BCUT2D eigenvalue weighted by molar-refractivity contribution is 6.38. The molecule has 0 amide bonds. The Hall–Kier alpha value is -1.11. The van der Waals surface area contributed by atoms with Crippen LogP contribution in [0.2, 0.25) is 15.2 Å². The topological polar surface area (TPSA) is 43.8 Å². The Balaban J connectivity index is 2.60. The number of anilines is 1. The van der Waals surface area contributed by atoms with Crippen LogP contribution >= 0.6 is 34.8 Å². The first kappa shape index (κ1) is 14.3. The molecule has 0 aliphatic heterocycles. The Morgan fingerprint density at radius 2 is 1.63 bits per heavy atom. The molecule has 2 rings (SSSR count). The van der Waals surface area contributed by atoms with E-state index in [2.05, 4.69) is 5.10 Å². The third-order valence-electron chi connectivity index (χ3n) is 2.27. The largest absolute Gasteiger partial charge is 0.416 e. The van der Waals surface area contributed by atoms with Crippen LogP contribution < -0.4 is 5.73 Å². The van der Waals surface area contributed by atoms with E-state index in [-0.39, 0.29) is 26.6 Å². The van der Waals surface area contributed by atoms with E-state index in [9.17, 15) is 13.2 Å². The summed E-state index contributed by atoms with van der Waals surface area (Å²) in [5, 5.41) is 3.39. The van der Waals surface area contributed by atoms with Crippen LogP contribution in [0.1, 0.15) is 5.56 Å². The van der Waals surface area contributed by atoms with Crippen molar-refractivity contribution in [2.75, 3.05) is 5.73 Å². The second-order valence-corrected chi connectivity index (χ2v) is 4.78. The molecule has 19 heavy (non-hydrogen) atoms. The predicted octanol–water partition coefficient (Wildman–Crippen LogP) is 4.43. The molecule has 0 unspecified atom stereocenters. The molecule has 1 aromatic carbocycles. The van der Waals surface area contributed by atoms with Crippen LogP contribution in [0.25, 0.3) is 5.69 Å². The standard InChI is InChI=1S/C10H5Cl3F3N3/c11-5-1-4(10(14,15)16)2-6(12)8(5)19-3-7(17)9(13)18-19/h1-3H,17H2. The van der Waals surface area contributed by atoms with E-state index in [1.165, 1.54) is 6.20 Å². The van der Waals surface area contributed by atoms with Gasteiger partial charge in [0.1, 0.15) is 5.69 Å². The van der Waals surface area contributed by atoms with Crippen molar-refractivity contribution >= 4 is 40.5 Å². The summed E-state index contributed by atoms with van der Waals surface area (Å²) in [4.78, 5) is 0. The van der Waals surface area contributed by atoms with Crippen LogP contribution in [-0.2, 0) is 6.18 Å². The minimum absolute atomic E-state index is 0.00651. The summed E-state index contributed by atoms with van der Waals surface area (Å²) in [5.41, 5.74) is 4.79. The lowest BCUT2D eigenvalue weighted by atomic mass is 10.2. The summed E-state index contributed by atoms with van der Waals surface area (Å²) in [6, 6.07) is 1.52. The van der Waals surface area contributed by atoms with Crippen molar-refractivity contribution in [3.8, 4) is 5.69 Å². The minimum Gasteiger partial charge on any atom is -0.395 e. The van der Waals surface area contributed by atoms with Crippen LogP contribution in [-0.4, -0.2) is 9.78 Å². The lowest BCUT2D eigenvalue weighted by Gasteiger charge is -2.12. The van der Waals surface area contributed by atoms with Crippen LogP contribution in [0.4, 0.5) is 18.9 Å². The quantitative estimate of drug-likeness (QED) is 0.840. The Morgan fingerprint density at radius 1 is 1.11 bits per heavy atom. The van der Waals surface area contributed by atoms with E-state index in [0.29, 0.717) is 0 Å². The summed E-state index contributed by atoms with van der Waals surface area (Å²) in [6.45, 7) is 0. The van der Waals surface area contributed by atoms with E-state index in [0.717, 1.165) is 16.8 Å². The molecule has 0 fully saturated rings. The first-order chi connectivity index (χ1) is 8.70. The zero-order chi connectivity index (χ0) is 14.4.